The molecule has 2 rings (SSSR count). The average Bonchev–Trinajstić information content (AvgIpc) is 2.50. The van der Waals surface area contributed by atoms with E-state index < -0.39 is 19.6 Å². The van der Waals surface area contributed by atoms with Crippen molar-refractivity contribution in [1.29, 1.82) is 0 Å². The zero-order valence-electron chi connectivity index (χ0n) is 17.8. The van der Waals surface area contributed by atoms with Crippen molar-refractivity contribution in [3.63, 3.8) is 0 Å². The molecule has 0 unspecified atom stereocenters. The van der Waals surface area contributed by atoms with Gasteiger partial charge in [-0.05, 0) is 0 Å². The molecule has 0 spiro atoms. The van der Waals surface area contributed by atoms with Gasteiger partial charge in [0.2, 0.25) is 0 Å². The van der Waals surface area contributed by atoms with Gasteiger partial charge in [-0.2, -0.15) is 0 Å². The molecule has 2 aromatic rings. The van der Waals surface area contributed by atoms with Gasteiger partial charge in [0.1, 0.15) is 0 Å². The third-order valence-corrected chi connectivity index (χ3v) is 7.28. The summed E-state index contributed by atoms with van der Waals surface area (Å²) >= 11 is -2.33. The van der Waals surface area contributed by atoms with E-state index in [4.69, 9.17) is 6.85 Å². The van der Waals surface area contributed by atoms with Crippen LogP contribution in [0.1, 0.15) is 26.3 Å². The Morgan fingerprint density at radius 2 is 1.85 bits per heavy atom. The Bertz CT molecular complexity index is 774. The maximum absolute atomic E-state index is 8.59. The maximum atomic E-state index is 8.59. The van der Waals surface area contributed by atoms with Gasteiger partial charge < -0.3 is 0 Å². The van der Waals surface area contributed by atoms with Gasteiger partial charge in [-0.25, -0.2) is 0 Å². The van der Waals surface area contributed by atoms with E-state index in [2.05, 4.69) is 22.3 Å². The Morgan fingerprint density at radius 3 is 2.40 bits per heavy atom. The van der Waals surface area contributed by atoms with Gasteiger partial charge in [0.05, 0.1) is 0 Å². The van der Waals surface area contributed by atoms with Crippen molar-refractivity contribution < 1.29 is 6.85 Å². The van der Waals surface area contributed by atoms with Crippen LogP contribution in [0.5, 0.6) is 0 Å². The molecule has 0 aliphatic carbocycles. The first-order valence-corrected chi connectivity index (χ1v) is 14.3. The van der Waals surface area contributed by atoms with Gasteiger partial charge in [-0.1, -0.05) is 0 Å². The molecule has 0 aliphatic heterocycles. The van der Waals surface area contributed by atoms with Crippen LogP contribution in [0.2, 0.25) is 17.3 Å². The third kappa shape index (κ3) is 3.72. The fourth-order valence-electron chi connectivity index (χ4n) is 2.10. The van der Waals surface area contributed by atoms with Crippen LogP contribution in [-0.2, 0) is 6.37 Å². The van der Waals surface area contributed by atoms with E-state index in [0.29, 0.717) is 16.8 Å². The van der Waals surface area contributed by atoms with E-state index in [1.807, 2.05) is 13.8 Å². The second kappa shape index (κ2) is 6.13. The summed E-state index contributed by atoms with van der Waals surface area (Å²) in [6.07, 6.45) is 0.307. The van der Waals surface area contributed by atoms with Crippen molar-refractivity contribution in [2.24, 2.45) is 5.92 Å². The summed E-state index contributed by atoms with van der Waals surface area (Å²) in [4.78, 5) is 4.51. The molecule has 106 valence electrons. The molecule has 2 heteroatoms. The summed E-state index contributed by atoms with van der Waals surface area (Å²) in [7, 11) is 0. The molecule has 1 nitrogen and oxygen atoms in total. The number of nitrogens with zero attached hydrogens (tertiary/aromatic N) is 1. The molecule has 0 aliphatic rings. The van der Waals surface area contributed by atoms with Crippen molar-refractivity contribution in [3.05, 3.63) is 48.1 Å². The van der Waals surface area contributed by atoms with E-state index in [0.717, 1.165) is 4.40 Å². The summed E-state index contributed by atoms with van der Waals surface area (Å²) in [6, 6.07) is 4.68. The van der Waals surface area contributed by atoms with E-state index in [1.54, 1.807) is 12.3 Å². The van der Waals surface area contributed by atoms with Crippen molar-refractivity contribution in [2.45, 2.75) is 37.5 Å². The number of benzene rings is 1. The monoisotopic (exact) mass is 334 g/mol. The first-order chi connectivity index (χ1) is 11.4. The van der Waals surface area contributed by atoms with Crippen molar-refractivity contribution in [3.8, 4) is 11.3 Å². The van der Waals surface area contributed by atoms with Crippen LogP contribution in [-0.4, -0.2) is 18.3 Å². The summed E-state index contributed by atoms with van der Waals surface area (Å²) in [5.74, 6) is 6.47. The Hall–Kier alpha value is -1.09. The zero-order valence-corrected chi connectivity index (χ0v) is 14.9. The molecule has 1 aromatic heterocycles. The van der Waals surface area contributed by atoms with Gasteiger partial charge in [0.25, 0.3) is 0 Å². The molecule has 0 fully saturated rings. The summed E-state index contributed by atoms with van der Waals surface area (Å²) in [5, 5.41) is 0. The van der Waals surface area contributed by atoms with Crippen LogP contribution in [0, 0.1) is 5.92 Å². The van der Waals surface area contributed by atoms with E-state index in [1.165, 1.54) is 12.1 Å². The molecule has 0 bridgehead atoms. The fourth-order valence-corrected chi connectivity index (χ4v) is 5.05. The molecule has 0 saturated carbocycles. The number of pyridine rings is 1. The Labute approximate surface area is 132 Å². The molecular formula is C18H25GeN. The number of hydrogen-bond acceptors (Lipinski definition) is 1. The van der Waals surface area contributed by atoms with Crippen molar-refractivity contribution >= 4 is 17.7 Å². The van der Waals surface area contributed by atoms with Crippen LogP contribution in [0.4, 0.5) is 0 Å². The normalized spacial score (nSPS) is 16.2. The van der Waals surface area contributed by atoms with Crippen molar-refractivity contribution in [1.82, 2.24) is 4.98 Å². The molecule has 0 amide bonds. The van der Waals surface area contributed by atoms with Crippen LogP contribution >= 0.6 is 0 Å². The van der Waals surface area contributed by atoms with Crippen LogP contribution < -0.4 is 4.40 Å². The predicted octanol–water partition coefficient (Wildman–Crippen LogP) is 4.49. The summed E-state index contributed by atoms with van der Waals surface area (Å²) in [5.41, 5.74) is 1.81. The van der Waals surface area contributed by atoms with Crippen LogP contribution in [0.15, 0.2) is 42.5 Å². The van der Waals surface area contributed by atoms with Gasteiger partial charge in [-0.3, -0.25) is 0 Å². The first-order valence-electron chi connectivity index (χ1n) is 9.45. The Kier molecular flexibility index (Phi) is 3.00. The summed E-state index contributed by atoms with van der Waals surface area (Å²) in [6.45, 7) is 3.75. The fraction of sp³-hybridized carbons (Fsp3) is 0.389. The van der Waals surface area contributed by atoms with Gasteiger partial charge in [0.15, 0.2) is 0 Å². The SMILES string of the molecule is [2H]c1cc(-c2cc(C([2H])([2H])C(C)C)[c]([Ge]([CH3])([CH3])[CH3])cn2)cc([2H])c1[2H]. The first kappa shape index (κ1) is 9.78. The second-order valence-corrected chi connectivity index (χ2v) is 16.9. The molecule has 0 N–H and O–H groups in total. The van der Waals surface area contributed by atoms with E-state index in [-0.39, 0.29) is 24.0 Å². The average molecular weight is 333 g/mol. The second-order valence-electron chi connectivity index (χ2n) is 6.32. The molecule has 1 aromatic carbocycles. The molecule has 0 atom stereocenters. The quantitative estimate of drug-likeness (QED) is 0.751. The van der Waals surface area contributed by atoms with Crippen molar-refractivity contribution in [2.75, 3.05) is 0 Å². The minimum absolute atomic E-state index is 0.0183. The van der Waals surface area contributed by atoms with E-state index in [9.17, 15) is 0 Å². The Morgan fingerprint density at radius 1 is 1.20 bits per heavy atom. The molecular weight excluding hydrogens is 303 g/mol. The molecule has 1 heterocycles. The van der Waals surface area contributed by atoms with Gasteiger partial charge in [-0.15, -0.1) is 0 Å². The molecule has 0 radical (unpaired) electrons. The van der Waals surface area contributed by atoms with Gasteiger partial charge >= 0.3 is 132 Å². The standard InChI is InChI=1S/C18H25GeN/c1-14(2)11-16-12-18(15-9-7-6-8-10-15)20-13-17(16)19(3,4)5/h6-10,12-14H,11H2,1-5H3/i6D,7D,8D,11D2. The number of aromatic nitrogens is 1. The van der Waals surface area contributed by atoms with Crippen LogP contribution in [0.3, 0.4) is 0 Å². The Balaban J connectivity index is 2.72. The number of rotatable bonds is 4. The predicted molar refractivity (Wildman–Crippen MR) is 91.2 cm³/mol. The zero-order chi connectivity index (χ0) is 19.2. The summed E-state index contributed by atoms with van der Waals surface area (Å²) < 4.78 is 41.6. The van der Waals surface area contributed by atoms with Crippen LogP contribution in [0.25, 0.3) is 11.3 Å². The number of hydrogen-bond donors (Lipinski definition) is 0. The molecule has 20 heavy (non-hydrogen) atoms. The topological polar surface area (TPSA) is 12.9 Å². The third-order valence-electron chi connectivity index (χ3n) is 3.05. The van der Waals surface area contributed by atoms with E-state index >= 15 is 0 Å². The minimum atomic E-state index is -2.33. The van der Waals surface area contributed by atoms with Gasteiger partial charge in [0, 0.05) is 0 Å². The molecule has 0 saturated heterocycles.